The Morgan fingerprint density at radius 2 is 1.96 bits per heavy atom. The summed E-state index contributed by atoms with van der Waals surface area (Å²) in [5, 5.41) is 0.707. The summed E-state index contributed by atoms with van der Waals surface area (Å²) in [7, 11) is 0. The van der Waals surface area contributed by atoms with Gasteiger partial charge in [-0.25, -0.2) is 0 Å². The Hall–Kier alpha value is -2.07. The summed E-state index contributed by atoms with van der Waals surface area (Å²) in [6, 6.07) is 13.2. The topological polar surface area (TPSA) is 47.7 Å². The lowest BCUT2D eigenvalue weighted by Crippen LogP contribution is -2.48. The minimum atomic E-state index is -0.263. The van der Waals surface area contributed by atoms with Crippen molar-refractivity contribution in [2.24, 2.45) is 0 Å². The first-order valence-electron chi connectivity index (χ1n) is 7.65. The number of benzene rings is 2. The number of ether oxygens (including phenoxy) is 2. The molecular formula is C18H21ClN2O2. The molecule has 5 heteroatoms. The molecule has 0 atom stereocenters. The molecule has 0 spiro atoms. The van der Waals surface area contributed by atoms with Gasteiger partial charge in [-0.2, -0.15) is 0 Å². The molecule has 2 aromatic carbocycles. The van der Waals surface area contributed by atoms with Gasteiger partial charge < -0.3 is 20.1 Å². The largest absolute Gasteiger partial charge is 0.492 e. The Kier molecular flexibility index (Phi) is 4.26. The SMILES string of the molecule is CC1(C)CN(CCOc2ccc(Cl)cc2)c2ccc(N)cc2O1. The fourth-order valence-corrected chi connectivity index (χ4v) is 2.88. The number of anilines is 2. The van der Waals surface area contributed by atoms with Gasteiger partial charge in [-0.05, 0) is 50.2 Å². The van der Waals surface area contributed by atoms with E-state index in [2.05, 4.69) is 18.7 Å². The van der Waals surface area contributed by atoms with Crippen LogP contribution in [-0.4, -0.2) is 25.3 Å². The van der Waals surface area contributed by atoms with Gasteiger partial charge in [0.1, 0.15) is 23.7 Å². The fraction of sp³-hybridized carbons (Fsp3) is 0.333. The summed E-state index contributed by atoms with van der Waals surface area (Å²) in [6.07, 6.45) is 0. The molecule has 4 nitrogen and oxygen atoms in total. The molecular weight excluding hydrogens is 312 g/mol. The van der Waals surface area contributed by atoms with Crippen molar-refractivity contribution in [3.8, 4) is 11.5 Å². The van der Waals surface area contributed by atoms with Crippen molar-refractivity contribution in [3.05, 3.63) is 47.5 Å². The molecule has 0 aliphatic carbocycles. The van der Waals surface area contributed by atoms with Crippen molar-refractivity contribution in [2.45, 2.75) is 19.4 Å². The van der Waals surface area contributed by atoms with E-state index in [4.69, 9.17) is 26.8 Å². The second kappa shape index (κ2) is 6.20. The Labute approximate surface area is 141 Å². The lowest BCUT2D eigenvalue weighted by molar-refractivity contribution is 0.104. The van der Waals surface area contributed by atoms with Crippen LogP contribution in [0.1, 0.15) is 13.8 Å². The lowest BCUT2D eigenvalue weighted by atomic mass is 10.0. The molecule has 0 saturated carbocycles. The van der Waals surface area contributed by atoms with Crippen LogP contribution in [0.3, 0.4) is 0 Å². The molecule has 1 aliphatic heterocycles. The highest BCUT2D eigenvalue weighted by Crippen LogP contribution is 2.38. The maximum absolute atomic E-state index is 6.03. The number of rotatable bonds is 4. The third-order valence-corrected chi connectivity index (χ3v) is 3.98. The van der Waals surface area contributed by atoms with Gasteiger partial charge in [-0.3, -0.25) is 0 Å². The minimum absolute atomic E-state index is 0.263. The maximum atomic E-state index is 6.03. The van der Waals surface area contributed by atoms with E-state index in [-0.39, 0.29) is 5.60 Å². The van der Waals surface area contributed by atoms with Gasteiger partial charge in [0, 0.05) is 16.8 Å². The van der Waals surface area contributed by atoms with Crippen LogP contribution in [0.5, 0.6) is 11.5 Å². The first-order valence-corrected chi connectivity index (χ1v) is 8.03. The lowest BCUT2D eigenvalue weighted by Gasteiger charge is -2.41. The number of hydrogen-bond donors (Lipinski definition) is 1. The van der Waals surface area contributed by atoms with Gasteiger partial charge >= 0.3 is 0 Å². The Bertz CT molecular complexity index is 686. The molecule has 23 heavy (non-hydrogen) atoms. The van der Waals surface area contributed by atoms with Gasteiger partial charge in [-0.15, -0.1) is 0 Å². The molecule has 122 valence electrons. The molecule has 0 bridgehead atoms. The monoisotopic (exact) mass is 332 g/mol. The maximum Gasteiger partial charge on any atom is 0.145 e. The van der Waals surface area contributed by atoms with Gasteiger partial charge in [-0.1, -0.05) is 11.6 Å². The highest BCUT2D eigenvalue weighted by atomic mass is 35.5. The third kappa shape index (κ3) is 3.82. The van der Waals surface area contributed by atoms with Crippen LogP contribution in [0, 0.1) is 0 Å². The molecule has 1 heterocycles. The molecule has 0 fully saturated rings. The fourth-order valence-electron chi connectivity index (χ4n) is 2.75. The van der Waals surface area contributed by atoms with Crippen LogP contribution in [0.25, 0.3) is 0 Å². The van der Waals surface area contributed by atoms with Gasteiger partial charge in [0.15, 0.2) is 0 Å². The molecule has 0 aromatic heterocycles. The van der Waals surface area contributed by atoms with E-state index in [1.54, 1.807) is 0 Å². The van der Waals surface area contributed by atoms with Crippen LogP contribution in [0.4, 0.5) is 11.4 Å². The summed E-state index contributed by atoms with van der Waals surface area (Å²) in [5.41, 5.74) is 7.37. The zero-order chi connectivity index (χ0) is 16.4. The molecule has 3 rings (SSSR count). The van der Waals surface area contributed by atoms with Crippen molar-refractivity contribution >= 4 is 23.0 Å². The third-order valence-electron chi connectivity index (χ3n) is 3.73. The van der Waals surface area contributed by atoms with Gasteiger partial charge in [0.25, 0.3) is 0 Å². The normalized spacial score (nSPS) is 15.7. The van der Waals surface area contributed by atoms with E-state index in [1.165, 1.54) is 0 Å². The number of halogens is 1. The number of hydrogen-bond acceptors (Lipinski definition) is 4. The molecule has 1 aliphatic rings. The summed E-state index contributed by atoms with van der Waals surface area (Å²) in [5.74, 6) is 1.65. The molecule has 0 unspecified atom stereocenters. The van der Waals surface area contributed by atoms with Crippen molar-refractivity contribution in [3.63, 3.8) is 0 Å². The van der Waals surface area contributed by atoms with E-state index in [0.717, 1.165) is 30.3 Å². The molecule has 0 amide bonds. The second-order valence-electron chi connectivity index (χ2n) is 6.31. The minimum Gasteiger partial charge on any atom is -0.492 e. The van der Waals surface area contributed by atoms with E-state index in [1.807, 2.05) is 42.5 Å². The average molecular weight is 333 g/mol. The number of nitrogens with zero attached hydrogens (tertiary/aromatic N) is 1. The van der Waals surface area contributed by atoms with Crippen LogP contribution >= 0.6 is 11.6 Å². The summed E-state index contributed by atoms with van der Waals surface area (Å²) < 4.78 is 11.8. The summed E-state index contributed by atoms with van der Waals surface area (Å²) in [4.78, 5) is 2.27. The highest BCUT2D eigenvalue weighted by molar-refractivity contribution is 6.30. The first-order chi connectivity index (χ1) is 10.9. The van der Waals surface area contributed by atoms with E-state index >= 15 is 0 Å². The van der Waals surface area contributed by atoms with Crippen LogP contribution < -0.4 is 20.1 Å². The number of fused-ring (bicyclic) bond motifs is 1. The molecule has 2 N–H and O–H groups in total. The quantitative estimate of drug-likeness (QED) is 0.860. The number of nitrogen functional groups attached to an aromatic ring is 1. The molecule has 0 radical (unpaired) electrons. The summed E-state index contributed by atoms with van der Waals surface area (Å²) >= 11 is 5.88. The molecule has 2 aromatic rings. The van der Waals surface area contributed by atoms with Crippen molar-refractivity contribution < 1.29 is 9.47 Å². The average Bonchev–Trinajstić information content (AvgIpc) is 2.47. The van der Waals surface area contributed by atoms with Gasteiger partial charge in [0.05, 0.1) is 18.8 Å². The second-order valence-corrected chi connectivity index (χ2v) is 6.75. The number of nitrogens with two attached hydrogens (primary N) is 1. The van der Waals surface area contributed by atoms with Crippen molar-refractivity contribution in [2.75, 3.05) is 30.3 Å². The van der Waals surface area contributed by atoms with Crippen LogP contribution in [0.2, 0.25) is 5.02 Å². The predicted octanol–water partition coefficient (Wildman–Crippen LogP) is 3.98. The zero-order valence-electron chi connectivity index (χ0n) is 13.4. The van der Waals surface area contributed by atoms with Crippen LogP contribution in [-0.2, 0) is 0 Å². The molecule has 0 saturated heterocycles. The van der Waals surface area contributed by atoms with Crippen LogP contribution in [0.15, 0.2) is 42.5 Å². The predicted molar refractivity (Wildman–Crippen MR) is 94.7 cm³/mol. The highest BCUT2D eigenvalue weighted by Gasteiger charge is 2.31. The van der Waals surface area contributed by atoms with E-state index < -0.39 is 0 Å². The van der Waals surface area contributed by atoms with Crippen molar-refractivity contribution in [1.29, 1.82) is 0 Å². The smallest absolute Gasteiger partial charge is 0.145 e. The van der Waals surface area contributed by atoms with E-state index in [0.29, 0.717) is 17.3 Å². The Morgan fingerprint density at radius 1 is 1.22 bits per heavy atom. The summed E-state index contributed by atoms with van der Waals surface area (Å²) in [6.45, 7) is 6.31. The standard InChI is InChI=1S/C18H21ClN2O2/c1-18(2)12-21(16-8-5-14(20)11-17(16)23-18)9-10-22-15-6-3-13(19)4-7-15/h3-8,11H,9-10,12,20H2,1-2H3. The zero-order valence-corrected chi connectivity index (χ0v) is 14.1. The van der Waals surface area contributed by atoms with Gasteiger partial charge in [0.2, 0.25) is 0 Å². The first kappa shape index (κ1) is 15.8. The van der Waals surface area contributed by atoms with Crippen molar-refractivity contribution in [1.82, 2.24) is 0 Å². The Balaban J connectivity index is 1.68. The van der Waals surface area contributed by atoms with E-state index in [9.17, 15) is 0 Å². The Morgan fingerprint density at radius 3 is 2.70 bits per heavy atom.